The van der Waals surface area contributed by atoms with Crippen LogP contribution in [0.5, 0.6) is 5.88 Å². The molecule has 142 valence electrons. The van der Waals surface area contributed by atoms with Crippen LogP contribution < -0.4 is 4.90 Å². The Bertz CT molecular complexity index is 1080. The van der Waals surface area contributed by atoms with Crippen molar-refractivity contribution in [3.8, 4) is 17.4 Å². The maximum atomic E-state index is 14.0. The van der Waals surface area contributed by atoms with E-state index in [1.807, 2.05) is 17.1 Å². The van der Waals surface area contributed by atoms with E-state index in [2.05, 4.69) is 25.4 Å². The van der Waals surface area contributed by atoms with Gasteiger partial charge < -0.3 is 15.1 Å². The van der Waals surface area contributed by atoms with Crippen molar-refractivity contribution in [3.05, 3.63) is 53.0 Å². The summed E-state index contributed by atoms with van der Waals surface area (Å²) in [5.74, 6) is -1.22. The third kappa shape index (κ3) is 3.27. The fourth-order valence-corrected chi connectivity index (χ4v) is 2.97. The highest BCUT2D eigenvalue weighted by Crippen LogP contribution is 2.32. The number of carboxylic acid groups (broad SMARTS) is 1. The minimum absolute atomic E-state index is 0.0570. The number of aromatic nitrogens is 5. The van der Waals surface area contributed by atoms with Crippen molar-refractivity contribution in [2.24, 2.45) is 0 Å². The first-order valence-electron chi connectivity index (χ1n) is 8.41. The summed E-state index contributed by atoms with van der Waals surface area (Å²) in [4.78, 5) is 16.6. The first-order chi connectivity index (χ1) is 13.5. The molecule has 10 heteroatoms. The second kappa shape index (κ2) is 7.06. The van der Waals surface area contributed by atoms with Crippen molar-refractivity contribution in [2.45, 2.75) is 13.0 Å². The van der Waals surface area contributed by atoms with Crippen LogP contribution in [-0.2, 0) is 17.8 Å². The molecule has 9 nitrogen and oxygen atoms in total. The van der Waals surface area contributed by atoms with Crippen LogP contribution in [0.1, 0.15) is 16.8 Å². The van der Waals surface area contributed by atoms with Gasteiger partial charge in [-0.05, 0) is 6.07 Å². The lowest BCUT2D eigenvalue weighted by Gasteiger charge is -2.25. The molecule has 2 aromatic heterocycles. The van der Waals surface area contributed by atoms with Gasteiger partial charge >= 0.3 is 5.97 Å². The molecule has 1 aliphatic heterocycles. The van der Waals surface area contributed by atoms with Gasteiger partial charge in [0.2, 0.25) is 11.7 Å². The normalized spacial score (nSPS) is 12.8. The number of benzene rings is 1. The lowest BCUT2D eigenvalue weighted by atomic mass is 10.1. The van der Waals surface area contributed by atoms with Gasteiger partial charge in [-0.15, -0.1) is 10.2 Å². The fraction of sp³-hybridized carbons (Fsp3) is 0.167. The molecule has 0 saturated heterocycles. The molecule has 4 rings (SSSR count). The number of nitrogens with one attached hydrogen (secondary N) is 1. The van der Waals surface area contributed by atoms with E-state index in [1.165, 1.54) is 6.07 Å². The summed E-state index contributed by atoms with van der Waals surface area (Å²) in [6, 6.07) is 6.55. The Balaban J connectivity index is 1.65. The van der Waals surface area contributed by atoms with Crippen LogP contribution in [0.4, 0.5) is 10.2 Å². The van der Waals surface area contributed by atoms with Crippen molar-refractivity contribution in [3.63, 3.8) is 0 Å². The van der Waals surface area contributed by atoms with Gasteiger partial charge in [0.25, 0.3) is 0 Å². The van der Waals surface area contributed by atoms with Gasteiger partial charge in [0.1, 0.15) is 23.0 Å². The number of aromatic hydroxyl groups is 1. The maximum absolute atomic E-state index is 14.0. The van der Waals surface area contributed by atoms with Crippen molar-refractivity contribution in [1.82, 2.24) is 25.4 Å². The molecule has 0 bridgehead atoms. The number of aliphatic carboxylic acids is 1. The van der Waals surface area contributed by atoms with Crippen LogP contribution in [0.3, 0.4) is 0 Å². The standard InChI is InChI=1S/C18H15FN6O3/c19-12-6-2-1-4-10(12)9-25-7-3-5-11-15(22-24-17(11)25)16-20-18(28)13(21-23-16)8-14(26)27/h1-6H,7-9H2,(H,22,24)(H,26,27)(H,20,23,28). The monoisotopic (exact) mass is 382 g/mol. The number of carbonyl (C=O) groups is 1. The number of fused-ring (bicyclic) bond motifs is 1. The molecule has 0 spiro atoms. The third-order valence-electron chi connectivity index (χ3n) is 4.30. The van der Waals surface area contributed by atoms with Gasteiger partial charge in [-0.2, -0.15) is 10.1 Å². The lowest BCUT2D eigenvalue weighted by Crippen LogP contribution is -2.26. The Labute approximate surface area is 158 Å². The van der Waals surface area contributed by atoms with E-state index in [1.54, 1.807) is 18.2 Å². The molecule has 0 amide bonds. The first-order valence-corrected chi connectivity index (χ1v) is 8.41. The van der Waals surface area contributed by atoms with E-state index in [0.717, 1.165) is 0 Å². The molecule has 1 aromatic carbocycles. The van der Waals surface area contributed by atoms with E-state index < -0.39 is 18.3 Å². The molecule has 0 atom stereocenters. The van der Waals surface area contributed by atoms with Gasteiger partial charge in [0, 0.05) is 24.2 Å². The number of anilines is 1. The van der Waals surface area contributed by atoms with Crippen molar-refractivity contribution in [2.75, 3.05) is 11.4 Å². The summed E-state index contributed by atoms with van der Waals surface area (Å²) < 4.78 is 14.0. The highest BCUT2D eigenvalue weighted by molar-refractivity contribution is 5.79. The van der Waals surface area contributed by atoms with E-state index in [0.29, 0.717) is 35.7 Å². The van der Waals surface area contributed by atoms with E-state index in [-0.39, 0.29) is 17.3 Å². The minimum Gasteiger partial charge on any atom is -0.492 e. The Morgan fingerprint density at radius 1 is 1.29 bits per heavy atom. The zero-order valence-electron chi connectivity index (χ0n) is 14.5. The molecular formula is C18H15FN6O3. The van der Waals surface area contributed by atoms with Crippen molar-refractivity contribution < 1.29 is 19.4 Å². The second-order valence-electron chi connectivity index (χ2n) is 6.19. The molecule has 0 unspecified atom stereocenters. The number of carboxylic acids is 1. The number of aromatic amines is 1. The SMILES string of the molecule is O=C(O)Cc1nnc(-c2n[nH]c3c2C=CCN3Cc2ccccc2F)nc1O. The van der Waals surface area contributed by atoms with Crippen molar-refractivity contribution >= 4 is 17.9 Å². The fourth-order valence-electron chi connectivity index (χ4n) is 2.97. The van der Waals surface area contributed by atoms with Crippen LogP contribution >= 0.6 is 0 Å². The van der Waals surface area contributed by atoms with E-state index >= 15 is 0 Å². The quantitative estimate of drug-likeness (QED) is 0.609. The molecule has 1 aliphatic rings. The van der Waals surface area contributed by atoms with Crippen LogP contribution in [0.2, 0.25) is 0 Å². The van der Waals surface area contributed by atoms with Crippen LogP contribution in [0, 0.1) is 5.82 Å². The maximum Gasteiger partial charge on any atom is 0.309 e. The summed E-state index contributed by atoms with van der Waals surface area (Å²) in [5.41, 5.74) is 1.45. The Morgan fingerprint density at radius 2 is 2.11 bits per heavy atom. The number of halogens is 1. The smallest absolute Gasteiger partial charge is 0.309 e. The molecule has 0 aliphatic carbocycles. The Kier molecular flexibility index (Phi) is 4.44. The van der Waals surface area contributed by atoms with Crippen LogP contribution in [-0.4, -0.2) is 48.1 Å². The van der Waals surface area contributed by atoms with Gasteiger partial charge in [-0.1, -0.05) is 30.4 Å². The summed E-state index contributed by atoms with van der Waals surface area (Å²) in [7, 11) is 0. The van der Waals surface area contributed by atoms with Gasteiger partial charge in [-0.25, -0.2) is 4.39 Å². The third-order valence-corrected chi connectivity index (χ3v) is 4.30. The molecule has 28 heavy (non-hydrogen) atoms. The van der Waals surface area contributed by atoms with Crippen molar-refractivity contribution in [1.29, 1.82) is 0 Å². The van der Waals surface area contributed by atoms with Gasteiger partial charge in [-0.3, -0.25) is 9.89 Å². The highest BCUT2D eigenvalue weighted by atomic mass is 19.1. The predicted octanol–water partition coefficient (Wildman–Crippen LogP) is 1.77. The molecule has 0 fully saturated rings. The van der Waals surface area contributed by atoms with E-state index in [9.17, 15) is 14.3 Å². The van der Waals surface area contributed by atoms with Gasteiger partial charge in [0.05, 0.1) is 6.42 Å². The number of hydrogen-bond donors (Lipinski definition) is 3. The summed E-state index contributed by atoms with van der Waals surface area (Å²) in [6.45, 7) is 0.901. The highest BCUT2D eigenvalue weighted by Gasteiger charge is 2.24. The van der Waals surface area contributed by atoms with Crippen LogP contribution in [0.15, 0.2) is 30.3 Å². The topological polar surface area (TPSA) is 128 Å². The molecular weight excluding hydrogens is 367 g/mol. The Morgan fingerprint density at radius 3 is 2.86 bits per heavy atom. The largest absolute Gasteiger partial charge is 0.492 e. The zero-order valence-corrected chi connectivity index (χ0v) is 14.5. The Hall–Kier alpha value is -3.82. The summed E-state index contributed by atoms with van der Waals surface area (Å²) >= 11 is 0. The number of nitrogens with zero attached hydrogens (tertiary/aromatic N) is 5. The second-order valence-corrected chi connectivity index (χ2v) is 6.19. The number of H-pyrrole nitrogens is 1. The average molecular weight is 382 g/mol. The first kappa shape index (κ1) is 17.6. The zero-order chi connectivity index (χ0) is 19.7. The molecule has 3 aromatic rings. The molecule has 0 saturated carbocycles. The van der Waals surface area contributed by atoms with Gasteiger partial charge in [0.15, 0.2) is 0 Å². The molecule has 3 N–H and O–H groups in total. The minimum atomic E-state index is -1.15. The number of hydrogen-bond acceptors (Lipinski definition) is 7. The number of rotatable bonds is 5. The summed E-state index contributed by atoms with van der Waals surface area (Å²) in [5, 5.41) is 33.5. The molecule has 0 radical (unpaired) electrons. The van der Waals surface area contributed by atoms with E-state index in [4.69, 9.17) is 5.11 Å². The molecule has 3 heterocycles. The van der Waals surface area contributed by atoms with Crippen LogP contribution in [0.25, 0.3) is 17.6 Å². The predicted molar refractivity (Wildman–Crippen MR) is 96.9 cm³/mol. The lowest BCUT2D eigenvalue weighted by molar-refractivity contribution is -0.136. The average Bonchev–Trinajstić information content (AvgIpc) is 3.10. The summed E-state index contributed by atoms with van der Waals surface area (Å²) in [6.07, 6.45) is 3.24.